The van der Waals surface area contributed by atoms with Gasteiger partial charge in [-0.1, -0.05) is 17.7 Å². The Morgan fingerprint density at radius 3 is 2.80 bits per heavy atom. The number of carboxylic acid groups (broad SMARTS) is 1. The number of aryl methyl sites for hydroxylation is 2. The first-order chi connectivity index (χ1) is 19.4. The zero-order valence-corrected chi connectivity index (χ0v) is 23.8. The molecule has 2 aromatic heterocycles. The molecule has 0 unspecified atom stereocenters. The molecule has 0 bridgehead atoms. The molecule has 1 amide bonds. The average molecular weight is 576 g/mol. The van der Waals surface area contributed by atoms with Crippen LogP contribution < -0.4 is 10.6 Å². The summed E-state index contributed by atoms with van der Waals surface area (Å²) in [6, 6.07) is 4.87. The summed E-state index contributed by atoms with van der Waals surface area (Å²) in [5.41, 5.74) is 2.15. The van der Waals surface area contributed by atoms with Crippen LogP contribution in [0.2, 0.25) is 5.02 Å². The predicted octanol–water partition coefficient (Wildman–Crippen LogP) is 3.79. The van der Waals surface area contributed by atoms with E-state index in [2.05, 4.69) is 27.8 Å². The number of nitrogens with one attached hydrogen (secondary N) is 2. The lowest BCUT2D eigenvalue weighted by Gasteiger charge is -2.27. The topological polar surface area (TPSA) is 117 Å². The van der Waals surface area contributed by atoms with E-state index in [1.807, 2.05) is 4.90 Å². The van der Waals surface area contributed by atoms with E-state index in [4.69, 9.17) is 21.3 Å². The molecule has 9 nitrogen and oxygen atoms in total. The smallest absolute Gasteiger partial charge is 0.326 e. The number of alkyl halides is 1. The molecular formula is C29H39ClFN5O4. The zero-order chi connectivity index (χ0) is 28.5. The molecule has 3 heterocycles. The van der Waals surface area contributed by atoms with Crippen molar-refractivity contribution in [1.82, 2.24) is 20.2 Å². The number of carboxylic acids is 1. The number of unbranched alkanes of at least 4 members (excludes halogenated alkanes) is 1. The summed E-state index contributed by atoms with van der Waals surface area (Å²) in [6.07, 6.45) is 8.58. The Morgan fingerprint density at radius 1 is 1.27 bits per heavy atom. The van der Waals surface area contributed by atoms with Crippen molar-refractivity contribution in [3.05, 3.63) is 52.4 Å². The number of halogens is 2. The van der Waals surface area contributed by atoms with Gasteiger partial charge in [-0.15, -0.1) is 0 Å². The average Bonchev–Trinajstić information content (AvgIpc) is 3.77. The van der Waals surface area contributed by atoms with Crippen LogP contribution in [-0.4, -0.2) is 84.0 Å². The summed E-state index contributed by atoms with van der Waals surface area (Å²) in [4.78, 5) is 36.0. The Kier molecular flexibility index (Phi) is 10.7. The molecule has 40 heavy (non-hydrogen) atoms. The highest BCUT2D eigenvalue weighted by Gasteiger charge is 2.53. The minimum absolute atomic E-state index is 0.183. The number of hydrogen-bond acceptors (Lipinski definition) is 7. The van der Waals surface area contributed by atoms with E-state index < -0.39 is 30.2 Å². The fourth-order valence-electron chi connectivity index (χ4n) is 5.29. The molecule has 3 N–H and O–H groups in total. The number of ether oxygens (including phenoxy) is 1. The second-order valence-electron chi connectivity index (χ2n) is 10.7. The van der Waals surface area contributed by atoms with Crippen LogP contribution in [0.25, 0.3) is 0 Å². The first-order valence-corrected chi connectivity index (χ1v) is 14.4. The molecule has 2 aliphatic rings. The van der Waals surface area contributed by atoms with Crippen molar-refractivity contribution < 1.29 is 23.8 Å². The van der Waals surface area contributed by atoms with E-state index in [-0.39, 0.29) is 12.3 Å². The van der Waals surface area contributed by atoms with Gasteiger partial charge in [0.05, 0.1) is 16.5 Å². The minimum atomic E-state index is -1.11. The van der Waals surface area contributed by atoms with E-state index in [1.165, 1.54) is 18.9 Å². The van der Waals surface area contributed by atoms with Gasteiger partial charge in [-0.25, -0.2) is 14.2 Å². The van der Waals surface area contributed by atoms with Crippen molar-refractivity contribution in [2.75, 3.05) is 45.3 Å². The quantitative estimate of drug-likeness (QED) is 0.259. The molecule has 0 aromatic carbocycles. The number of carbonyl (C=O) groups is 2. The molecule has 218 valence electrons. The first kappa shape index (κ1) is 30.1. The maximum Gasteiger partial charge on any atom is 0.326 e. The maximum atomic E-state index is 13.5. The molecule has 0 saturated heterocycles. The monoisotopic (exact) mass is 575 g/mol. The van der Waals surface area contributed by atoms with Crippen molar-refractivity contribution in [3.63, 3.8) is 0 Å². The van der Waals surface area contributed by atoms with Gasteiger partial charge >= 0.3 is 5.97 Å². The molecule has 0 spiro atoms. The Bertz CT molecular complexity index is 1160. The van der Waals surface area contributed by atoms with E-state index >= 15 is 0 Å². The van der Waals surface area contributed by atoms with Gasteiger partial charge in [0.25, 0.3) is 0 Å². The molecular weight excluding hydrogens is 537 g/mol. The lowest BCUT2D eigenvalue weighted by atomic mass is 9.95. The zero-order valence-electron chi connectivity index (χ0n) is 23.0. The summed E-state index contributed by atoms with van der Waals surface area (Å²) in [5.74, 6) is -0.465. The summed E-state index contributed by atoms with van der Waals surface area (Å²) in [6.45, 7) is 1.68. The molecule has 1 aliphatic carbocycles. The van der Waals surface area contributed by atoms with Crippen LogP contribution in [0.4, 0.5) is 10.2 Å². The Balaban J connectivity index is 1.32. The molecule has 1 fully saturated rings. The van der Waals surface area contributed by atoms with E-state index in [0.29, 0.717) is 43.1 Å². The third kappa shape index (κ3) is 7.67. The molecule has 0 radical (unpaired) electrons. The molecule has 2 atom stereocenters. The maximum absolute atomic E-state index is 13.5. The van der Waals surface area contributed by atoms with Crippen LogP contribution in [0.15, 0.2) is 30.6 Å². The number of rotatable bonds is 16. The van der Waals surface area contributed by atoms with Crippen LogP contribution in [0, 0.1) is 0 Å². The highest BCUT2D eigenvalue weighted by molar-refractivity contribution is 6.31. The largest absolute Gasteiger partial charge is 0.480 e. The Labute approximate surface area is 239 Å². The second kappa shape index (κ2) is 14.2. The summed E-state index contributed by atoms with van der Waals surface area (Å²) in [7, 11) is 1.47. The van der Waals surface area contributed by atoms with Crippen LogP contribution in [0.3, 0.4) is 0 Å². The van der Waals surface area contributed by atoms with E-state index in [1.54, 1.807) is 12.3 Å². The minimum Gasteiger partial charge on any atom is -0.480 e. The fraction of sp³-hybridized carbons (Fsp3) is 0.586. The van der Waals surface area contributed by atoms with E-state index in [9.17, 15) is 19.1 Å². The number of nitrogens with zero attached hydrogens (tertiary/aromatic N) is 3. The predicted molar refractivity (Wildman–Crippen MR) is 152 cm³/mol. The standard InChI is InChI=1S/C29H39ClFN5O4/c1-40-22(17-31)19-36(15-3-2-6-21-8-7-20-5-4-13-33-26(20)34-21)16-10-25(27(37)38)35-28(39)29(11-12-29)23-9-14-32-18-24(23)30/h7-9,14,18,22,25H,2-6,10-13,15-17,19H2,1H3,(H,33,34)(H,35,39)(H,37,38)/t22-,25+/m1/s1. The Morgan fingerprint density at radius 2 is 2.10 bits per heavy atom. The molecule has 1 aliphatic heterocycles. The molecule has 4 rings (SSSR count). The third-order valence-electron chi connectivity index (χ3n) is 7.89. The summed E-state index contributed by atoms with van der Waals surface area (Å²) >= 11 is 6.29. The highest BCUT2D eigenvalue weighted by Crippen LogP contribution is 2.50. The van der Waals surface area contributed by atoms with Gasteiger partial charge in [-0.05, 0) is 81.2 Å². The van der Waals surface area contributed by atoms with Gasteiger partial charge < -0.3 is 25.4 Å². The highest BCUT2D eigenvalue weighted by atomic mass is 35.5. The van der Waals surface area contributed by atoms with Gasteiger partial charge in [0, 0.05) is 44.8 Å². The number of pyridine rings is 2. The van der Waals surface area contributed by atoms with Gasteiger partial charge in [-0.2, -0.15) is 0 Å². The molecule has 11 heteroatoms. The summed E-state index contributed by atoms with van der Waals surface area (Å²) < 4.78 is 18.7. The molecule has 2 aromatic rings. The second-order valence-corrected chi connectivity index (χ2v) is 11.1. The number of anilines is 1. The number of amides is 1. The van der Waals surface area contributed by atoms with Crippen LogP contribution in [-0.2, 0) is 32.6 Å². The SMILES string of the molecule is CO[C@H](CF)CN(CCCCc1ccc2c(n1)NCCC2)CC[C@H](NC(=O)C1(c2ccncc2Cl)CC1)C(=O)O. The molecule has 1 saturated carbocycles. The van der Waals surface area contributed by atoms with Crippen molar-refractivity contribution in [3.8, 4) is 0 Å². The van der Waals surface area contributed by atoms with Crippen molar-refractivity contribution in [1.29, 1.82) is 0 Å². The number of aromatic nitrogens is 2. The van der Waals surface area contributed by atoms with Crippen molar-refractivity contribution in [2.45, 2.75) is 68.9 Å². The first-order valence-electron chi connectivity index (χ1n) is 14.0. The number of fused-ring (bicyclic) bond motifs is 1. The van der Waals surface area contributed by atoms with Crippen LogP contribution >= 0.6 is 11.6 Å². The third-order valence-corrected chi connectivity index (χ3v) is 8.19. The number of carbonyl (C=O) groups excluding carboxylic acids is 1. The van der Waals surface area contributed by atoms with Crippen LogP contribution in [0.5, 0.6) is 0 Å². The normalized spacial score (nSPS) is 17.0. The number of methoxy groups -OCH3 is 1. The number of hydrogen-bond donors (Lipinski definition) is 3. The van der Waals surface area contributed by atoms with Gasteiger partial charge in [0.15, 0.2) is 0 Å². The van der Waals surface area contributed by atoms with Gasteiger partial charge in [-0.3, -0.25) is 9.78 Å². The lowest BCUT2D eigenvalue weighted by molar-refractivity contribution is -0.142. The fourth-order valence-corrected chi connectivity index (χ4v) is 5.59. The Hall–Kier alpha value is -2.82. The van der Waals surface area contributed by atoms with E-state index in [0.717, 1.165) is 50.2 Å². The van der Waals surface area contributed by atoms with Crippen molar-refractivity contribution >= 4 is 29.3 Å². The van der Waals surface area contributed by atoms with Crippen LogP contribution in [0.1, 0.15) is 55.3 Å². The van der Waals surface area contributed by atoms with Gasteiger partial charge in [0.1, 0.15) is 18.5 Å². The van der Waals surface area contributed by atoms with Crippen molar-refractivity contribution in [2.24, 2.45) is 0 Å². The number of aliphatic carboxylic acids is 1. The van der Waals surface area contributed by atoms with Gasteiger partial charge in [0.2, 0.25) is 5.91 Å². The summed E-state index contributed by atoms with van der Waals surface area (Å²) in [5, 5.41) is 16.4. The lowest BCUT2D eigenvalue weighted by Crippen LogP contribution is -2.47.